The molecule has 0 aliphatic carbocycles. The molecule has 0 radical (unpaired) electrons. The van der Waals surface area contributed by atoms with Crippen LogP contribution < -0.4 is 10.6 Å². The molecule has 4 nitrogen and oxygen atoms in total. The number of hydrogen-bond acceptors (Lipinski definition) is 4. The molecular weight excluding hydrogens is 352 g/mol. The van der Waals surface area contributed by atoms with Gasteiger partial charge < -0.3 is 10.6 Å². The summed E-state index contributed by atoms with van der Waals surface area (Å²) in [4.78, 5) is 8.75. The summed E-state index contributed by atoms with van der Waals surface area (Å²) in [6, 6.07) is 18.1. The molecule has 0 spiro atoms. The Labute approximate surface area is 144 Å². The summed E-state index contributed by atoms with van der Waals surface area (Å²) in [6.45, 7) is 2.75. The number of hydrogen-bond donors (Lipinski definition) is 2. The van der Waals surface area contributed by atoms with Crippen molar-refractivity contribution in [2.24, 2.45) is 0 Å². The van der Waals surface area contributed by atoms with Crippen molar-refractivity contribution in [3.8, 4) is 0 Å². The lowest BCUT2D eigenvalue weighted by Crippen LogP contribution is -2.04. The maximum Gasteiger partial charge on any atom is 0.224 e. The second-order valence-corrected chi connectivity index (χ2v) is 6.05. The van der Waals surface area contributed by atoms with Crippen molar-refractivity contribution >= 4 is 33.4 Å². The first-order valence-electron chi connectivity index (χ1n) is 7.35. The van der Waals surface area contributed by atoms with E-state index in [1.165, 1.54) is 11.1 Å². The molecule has 0 aliphatic heterocycles. The molecule has 0 atom stereocenters. The molecule has 0 saturated heterocycles. The topological polar surface area (TPSA) is 49.8 Å². The number of halogens is 1. The van der Waals surface area contributed by atoms with Gasteiger partial charge in [0.15, 0.2) is 0 Å². The molecule has 0 saturated carbocycles. The van der Waals surface area contributed by atoms with E-state index in [0.29, 0.717) is 12.5 Å². The number of anilines is 3. The van der Waals surface area contributed by atoms with Crippen LogP contribution in [-0.2, 0) is 6.54 Å². The first kappa shape index (κ1) is 15.5. The average molecular weight is 369 g/mol. The smallest absolute Gasteiger partial charge is 0.224 e. The Hall–Kier alpha value is -2.40. The summed E-state index contributed by atoms with van der Waals surface area (Å²) in [5.74, 6) is 1.37. The highest BCUT2D eigenvalue weighted by Crippen LogP contribution is 2.22. The minimum Gasteiger partial charge on any atom is -0.350 e. The van der Waals surface area contributed by atoms with Gasteiger partial charge in [-0.25, -0.2) is 4.98 Å². The zero-order valence-corrected chi connectivity index (χ0v) is 14.3. The van der Waals surface area contributed by atoms with Crippen LogP contribution in [0.4, 0.5) is 17.5 Å². The van der Waals surface area contributed by atoms with Gasteiger partial charge in [0, 0.05) is 22.9 Å². The van der Waals surface area contributed by atoms with Crippen molar-refractivity contribution < 1.29 is 0 Å². The van der Waals surface area contributed by atoms with Crippen LogP contribution in [0.15, 0.2) is 65.3 Å². The minimum absolute atomic E-state index is 0.604. The molecule has 2 aromatic carbocycles. The van der Waals surface area contributed by atoms with E-state index in [-0.39, 0.29) is 0 Å². The van der Waals surface area contributed by atoms with Crippen molar-refractivity contribution in [3.63, 3.8) is 0 Å². The summed E-state index contributed by atoms with van der Waals surface area (Å²) in [6.07, 6.45) is 1.74. The van der Waals surface area contributed by atoms with E-state index in [0.717, 1.165) is 16.0 Å². The number of benzene rings is 2. The predicted octanol–water partition coefficient (Wildman–Crippen LogP) is 4.90. The Balaban J connectivity index is 1.68. The van der Waals surface area contributed by atoms with Gasteiger partial charge in [-0.15, -0.1) is 0 Å². The Bertz CT molecular complexity index is 790. The zero-order chi connectivity index (χ0) is 16.1. The van der Waals surface area contributed by atoms with Crippen LogP contribution in [0.2, 0.25) is 0 Å². The summed E-state index contributed by atoms with van der Waals surface area (Å²) in [5, 5.41) is 6.54. The predicted molar refractivity (Wildman–Crippen MR) is 98.0 cm³/mol. The lowest BCUT2D eigenvalue weighted by molar-refractivity contribution is 1.06. The molecule has 0 aliphatic rings. The molecule has 23 heavy (non-hydrogen) atoms. The largest absolute Gasteiger partial charge is 0.350 e. The fourth-order valence-electron chi connectivity index (χ4n) is 2.16. The van der Waals surface area contributed by atoms with Crippen LogP contribution in [0, 0.1) is 6.92 Å². The van der Waals surface area contributed by atoms with Gasteiger partial charge >= 0.3 is 0 Å². The Morgan fingerprint density at radius 3 is 2.65 bits per heavy atom. The Morgan fingerprint density at radius 1 is 1.04 bits per heavy atom. The Kier molecular flexibility index (Phi) is 4.88. The normalized spacial score (nSPS) is 10.3. The summed E-state index contributed by atoms with van der Waals surface area (Å²) >= 11 is 3.51. The van der Waals surface area contributed by atoms with Crippen LogP contribution in [0.5, 0.6) is 0 Å². The van der Waals surface area contributed by atoms with Gasteiger partial charge in [0.1, 0.15) is 5.82 Å². The van der Waals surface area contributed by atoms with E-state index in [9.17, 15) is 0 Å². The molecule has 1 aromatic heterocycles. The van der Waals surface area contributed by atoms with E-state index < -0.39 is 0 Å². The molecule has 0 bridgehead atoms. The molecule has 1 heterocycles. The fourth-order valence-corrected chi connectivity index (χ4v) is 2.41. The van der Waals surface area contributed by atoms with E-state index in [1.54, 1.807) is 6.20 Å². The third-order valence-electron chi connectivity index (χ3n) is 3.38. The Morgan fingerprint density at radius 2 is 1.87 bits per heavy atom. The molecule has 0 unspecified atom stereocenters. The average Bonchev–Trinajstić information content (AvgIpc) is 2.58. The van der Waals surface area contributed by atoms with Crippen LogP contribution in [0.3, 0.4) is 0 Å². The molecular formula is C18H17BrN4. The third-order valence-corrected chi connectivity index (χ3v) is 4.27. The lowest BCUT2D eigenvalue weighted by Gasteiger charge is -2.09. The first-order valence-corrected chi connectivity index (χ1v) is 8.14. The van der Waals surface area contributed by atoms with Gasteiger partial charge in [0.2, 0.25) is 5.95 Å². The summed E-state index contributed by atoms with van der Waals surface area (Å²) < 4.78 is 1.09. The standard InChI is InChI=1S/C18H17BrN4/c1-13-11-15(7-8-16(13)19)22-17-9-10-20-18(23-17)21-12-14-5-3-2-4-6-14/h2-11H,12H2,1H3,(H2,20,21,22,23). The van der Waals surface area contributed by atoms with Crippen LogP contribution >= 0.6 is 15.9 Å². The maximum atomic E-state index is 4.49. The van der Waals surface area contributed by atoms with Gasteiger partial charge in [-0.05, 0) is 42.3 Å². The number of aromatic nitrogens is 2. The zero-order valence-electron chi connectivity index (χ0n) is 12.8. The number of rotatable bonds is 5. The lowest BCUT2D eigenvalue weighted by atomic mass is 10.2. The maximum absolute atomic E-state index is 4.49. The second-order valence-electron chi connectivity index (χ2n) is 5.19. The molecule has 3 aromatic rings. The first-order chi connectivity index (χ1) is 11.2. The van der Waals surface area contributed by atoms with E-state index in [4.69, 9.17) is 0 Å². The van der Waals surface area contributed by atoms with Crippen molar-refractivity contribution in [1.82, 2.24) is 9.97 Å². The SMILES string of the molecule is Cc1cc(Nc2ccnc(NCc3ccccc3)n2)ccc1Br. The summed E-state index contributed by atoms with van der Waals surface area (Å²) in [7, 11) is 0. The molecule has 3 rings (SSSR count). The molecule has 5 heteroatoms. The van der Waals surface area contributed by atoms with Gasteiger partial charge in [-0.3, -0.25) is 0 Å². The molecule has 0 fully saturated rings. The quantitative estimate of drug-likeness (QED) is 0.672. The highest BCUT2D eigenvalue weighted by atomic mass is 79.9. The molecule has 2 N–H and O–H groups in total. The summed E-state index contributed by atoms with van der Waals surface area (Å²) in [5.41, 5.74) is 3.36. The number of nitrogens with zero attached hydrogens (tertiary/aromatic N) is 2. The van der Waals surface area contributed by atoms with Crippen LogP contribution in [0.25, 0.3) is 0 Å². The second kappa shape index (κ2) is 7.24. The van der Waals surface area contributed by atoms with E-state index >= 15 is 0 Å². The van der Waals surface area contributed by atoms with E-state index in [2.05, 4.69) is 61.7 Å². The van der Waals surface area contributed by atoms with Crippen molar-refractivity contribution in [3.05, 3.63) is 76.4 Å². The highest BCUT2D eigenvalue weighted by molar-refractivity contribution is 9.10. The van der Waals surface area contributed by atoms with Crippen molar-refractivity contribution in [2.45, 2.75) is 13.5 Å². The van der Waals surface area contributed by atoms with E-state index in [1.807, 2.05) is 36.4 Å². The van der Waals surface area contributed by atoms with Gasteiger partial charge in [0.25, 0.3) is 0 Å². The van der Waals surface area contributed by atoms with Crippen LogP contribution in [0.1, 0.15) is 11.1 Å². The van der Waals surface area contributed by atoms with Gasteiger partial charge in [-0.2, -0.15) is 4.98 Å². The van der Waals surface area contributed by atoms with Gasteiger partial charge in [-0.1, -0.05) is 46.3 Å². The number of nitrogens with one attached hydrogen (secondary N) is 2. The molecule has 116 valence electrons. The monoisotopic (exact) mass is 368 g/mol. The third kappa shape index (κ3) is 4.29. The number of aryl methyl sites for hydroxylation is 1. The highest BCUT2D eigenvalue weighted by Gasteiger charge is 2.02. The van der Waals surface area contributed by atoms with Crippen molar-refractivity contribution in [1.29, 1.82) is 0 Å². The van der Waals surface area contributed by atoms with Crippen molar-refractivity contribution in [2.75, 3.05) is 10.6 Å². The minimum atomic E-state index is 0.604. The van der Waals surface area contributed by atoms with Crippen LogP contribution in [-0.4, -0.2) is 9.97 Å². The van der Waals surface area contributed by atoms with Gasteiger partial charge in [0.05, 0.1) is 0 Å². The molecule has 0 amide bonds. The fraction of sp³-hybridized carbons (Fsp3) is 0.111.